The Bertz CT molecular complexity index is 510. The molecular weight excluding hydrogens is 250 g/mol. The van der Waals surface area contributed by atoms with Gasteiger partial charge in [-0.05, 0) is 5.56 Å². The molecule has 0 aromatic heterocycles. The number of nitrogens with zero attached hydrogens (tertiary/aromatic N) is 1. The first kappa shape index (κ1) is 13.3. The fraction of sp³-hybridized carbons (Fsp3) is 0.385. The van der Waals surface area contributed by atoms with Gasteiger partial charge >= 0.3 is 0 Å². The van der Waals surface area contributed by atoms with Gasteiger partial charge in [0, 0.05) is 7.05 Å². The van der Waals surface area contributed by atoms with Crippen LogP contribution in [-0.2, 0) is 21.4 Å². The molecule has 1 aromatic carbocycles. The average Bonchev–Trinajstić information content (AvgIpc) is 2.36. The molecule has 1 aliphatic rings. The number of benzene rings is 1. The predicted octanol–water partition coefficient (Wildman–Crippen LogP) is 1.40. The summed E-state index contributed by atoms with van der Waals surface area (Å²) in [6.07, 6.45) is 3.57. The summed E-state index contributed by atoms with van der Waals surface area (Å²) in [7, 11) is -1.55. The Hall–Kier alpha value is -1.17. The number of hydrogen-bond acceptors (Lipinski definition) is 3. The Kier molecular flexibility index (Phi) is 4.16. The highest BCUT2D eigenvalue weighted by Gasteiger charge is 2.26. The van der Waals surface area contributed by atoms with Crippen molar-refractivity contribution in [1.82, 2.24) is 4.31 Å². The van der Waals surface area contributed by atoms with Gasteiger partial charge in [0.25, 0.3) is 0 Å². The maximum atomic E-state index is 11.6. The normalized spacial score (nSPS) is 23.1. The van der Waals surface area contributed by atoms with Gasteiger partial charge in [-0.2, -0.15) is 4.31 Å². The summed E-state index contributed by atoms with van der Waals surface area (Å²) >= 11 is 0. The van der Waals surface area contributed by atoms with Crippen LogP contribution in [0.4, 0.5) is 0 Å². The van der Waals surface area contributed by atoms with Crippen molar-refractivity contribution in [1.29, 1.82) is 0 Å². The molecule has 98 valence electrons. The highest BCUT2D eigenvalue weighted by Crippen LogP contribution is 2.13. The van der Waals surface area contributed by atoms with Crippen molar-refractivity contribution in [2.45, 2.75) is 12.6 Å². The van der Waals surface area contributed by atoms with Crippen LogP contribution in [0, 0.1) is 0 Å². The van der Waals surface area contributed by atoms with Crippen LogP contribution < -0.4 is 0 Å². The molecule has 2 rings (SSSR count). The van der Waals surface area contributed by atoms with E-state index >= 15 is 0 Å². The quantitative estimate of drug-likeness (QED) is 0.775. The van der Waals surface area contributed by atoms with Gasteiger partial charge < -0.3 is 4.74 Å². The zero-order chi connectivity index (χ0) is 13.0. The van der Waals surface area contributed by atoms with E-state index in [-0.39, 0.29) is 11.8 Å². The largest absolute Gasteiger partial charge is 0.375 e. The van der Waals surface area contributed by atoms with Crippen molar-refractivity contribution in [3.8, 4) is 0 Å². The third kappa shape index (κ3) is 3.19. The van der Waals surface area contributed by atoms with Crippen LogP contribution in [0.25, 0.3) is 0 Å². The van der Waals surface area contributed by atoms with Crippen LogP contribution in [0.3, 0.4) is 0 Å². The summed E-state index contributed by atoms with van der Waals surface area (Å²) in [6.45, 7) is 0.875. The van der Waals surface area contributed by atoms with E-state index in [9.17, 15) is 8.42 Å². The Morgan fingerprint density at radius 1 is 1.33 bits per heavy atom. The Labute approximate surface area is 108 Å². The number of rotatable bonds is 4. The van der Waals surface area contributed by atoms with Gasteiger partial charge in [0.2, 0.25) is 10.0 Å². The van der Waals surface area contributed by atoms with Crippen molar-refractivity contribution >= 4 is 10.0 Å². The third-order valence-electron chi connectivity index (χ3n) is 2.97. The smallest absolute Gasteiger partial charge is 0.218 e. The predicted molar refractivity (Wildman–Crippen MR) is 70.6 cm³/mol. The van der Waals surface area contributed by atoms with E-state index in [1.54, 1.807) is 13.1 Å². The van der Waals surface area contributed by atoms with Crippen LogP contribution >= 0.6 is 0 Å². The zero-order valence-electron chi connectivity index (χ0n) is 10.3. The van der Waals surface area contributed by atoms with E-state index in [1.165, 1.54) is 4.31 Å². The van der Waals surface area contributed by atoms with Gasteiger partial charge in [0.15, 0.2) is 0 Å². The Morgan fingerprint density at radius 3 is 2.78 bits per heavy atom. The lowest BCUT2D eigenvalue weighted by Gasteiger charge is -2.27. The minimum absolute atomic E-state index is 0.0820. The molecule has 0 amide bonds. The second kappa shape index (κ2) is 5.65. The first-order valence-corrected chi connectivity index (χ1v) is 7.44. The summed E-state index contributed by atoms with van der Waals surface area (Å²) in [6, 6.07) is 9.63. The second-order valence-corrected chi connectivity index (χ2v) is 6.36. The SMILES string of the molecule is CN1[C@@H](COCc2ccccc2)C=CCS1(=O)=O. The average molecular weight is 267 g/mol. The number of hydrogen-bond donors (Lipinski definition) is 0. The van der Waals surface area contributed by atoms with E-state index in [0.29, 0.717) is 13.2 Å². The van der Waals surface area contributed by atoms with Crippen LogP contribution in [0.15, 0.2) is 42.5 Å². The molecular formula is C13H17NO3S. The Morgan fingerprint density at radius 2 is 2.06 bits per heavy atom. The molecule has 1 aliphatic heterocycles. The molecule has 0 saturated carbocycles. The molecule has 1 atom stereocenters. The highest BCUT2D eigenvalue weighted by atomic mass is 32.2. The maximum Gasteiger partial charge on any atom is 0.218 e. The summed E-state index contributed by atoms with van der Waals surface area (Å²) in [5, 5.41) is 0. The molecule has 0 radical (unpaired) electrons. The molecule has 0 unspecified atom stereocenters. The molecule has 5 heteroatoms. The molecule has 0 bridgehead atoms. The van der Waals surface area contributed by atoms with Gasteiger partial charge in [-0.15, -0.1) is 0 Å². The number of likely N-dealkylation sites (N-methyl/N-ethyl adjacent to an activating group) is 1. The molecule has 0 saturated heterocycles. The second-order valence-electron chi connectivity index (χ2n) is 4.29. The van der Waals surface area contributed by atoms with Gasteiger partial charge in [0.05, 0.1) is 25.0 Å². The lowest BCUT2D eigenvalue weighted by molar-refractivity contribution is 0.0949. The number of ether oxygens (including phenoxy) is 1. The van der Waals surface area contributed by atoms with E-state index in [4.69, 9.17) is 4.74 Å². The first-order valence-electron chi connectivity index (χ1n) is 5.83. The zero-order valence-corrected chi connectivity index (χ0v) is 11.1. The van der Waals surface area contributed by atoms with Crippen molar-refractivity contribution in [2.75, 3.05) is 19.4 Å². The Balaban J connectivity index is 1.88. The van der Waals surface area contributed by atoms with Crippen LogP contribution in [-0.4, -0.2) is 38.2 Å². The van der Waals surface area contributed by atoms with E-state index in [1.807, 2.05) is 36.4 Å². The van der Waals surface area contributed by atoms with Crippen molar-refractivity contribution in [2.24, 2.45) is 0 Å². The van der Waals surface area contributed by atoms with Crippen molar-refractivity contribution < 1.29 is 13.2 Å². The summed E-state index contributed by atoms with van der Waals surface area (Å²) in [4.78, 5) is 0. The number of sulfonamides is 1. The molecule has 1 aromatic rings. The molecule has 0 spiro atoms. The van der Waals surface area contributed by atoms with Crippen LogP contribution in [0.2, 0.25) is 0 Å². The lowest BCUT2D eigenvalue weighted by Crippen LogP contribution is -2.42. The van der Waals surface area contributed by atoms with Crippen LogP contribution in [0.1, 0.15) is 5.56 Å². The van der Waals surface area contributed by atoms with E-state index in [0.717, 1.165) is 5.56 Å². The van der Waals surface area contributed by atoms with Gasteiger partial charge in [0.1, 0.15) is 0 Å². The van der Waals surface area contributed by atoms with E-state index in [2.05, 4.69) is 0 Å². The van der Waals surface area contributed by atoms with E-state index < -0.39 is 10.0 Å². The van der Waals surface area contributed by atoms with Crippen LogP contribution in [0.5, 0.6) is 0 Å². The topological polar surface area (TPSA) is 46.6 Å². The molecule has 1 heterocycles. The van der Waals surface area contributed by atoms with Gasteiger partial charge in [-0.25, -0.2) is 8.42 Å². The standard InChI is InChI=1S/C13H17NO3S/c1-14-13(8-5-9-18(14,15)16)11-17-10-12-6-3-2-4-7-12/h2-8,13H,9-11H2,1H3/t13-/m1/s1. The lowest BCUT2D eigenvalue weighted by atomic mass is 10.2. The fourth-order valence-electron chi connectivity index (χ4n) is 1.81. The summed E-state index contributed by atoms with van der Waals surface area (Å²) in [5.74, 6) is 0.0820. The minimum Gasteiger partial charge on any atom is -0.375 e. The highest BCUT2D eigenvalue weighted by molar-refractivity contribution is 7.89. The molecule has 4 nitrogen and oxygen atoms in total. The monoisotopic (exact) mass is 267 g/mol. The fourth-order valence-corrected chi connectivity index (χ4v) is 2.94. The summed E-state index contributed by atoms with van der Waals surface area (Å²) in [5.41, 5.74) is 1.09. The molecule has 18 heavy (non-hydrogen) atoms. The third-order valence-corrected chi connectivity index (χ3v) is 4.73. The van der Waals surface area contributed by atoms with Crippen molar-refractivity contribution in [3.05, 3.63) is 48.0 Å². The van der Waals surface area contributed by atoms with Crippen molar-refractivity contribution in [3.63, 3.8) is 0 Å². The minimum atomic E-state index is -3.14. The first-order chi connectivity index (χ1) is 8.59. The maximum absolute atomic E-state index is 11.6. The molecule has 0 aliphatic carbocycles. The molecule has 0 fully saturated rings. The van der Waals surface area contributed by atoms with Gasteiger partial charge in [-0.3, -0.25) is 0 Å². The molecule has 0 N–H and O–H groups in total. The van der Waals surface area contributed by atoms with Gasteiger partial charge in [-0.1, -0.05) is 42.5 Å². The summed E-state index contributed by atoms with van der Waals surface area (Å²) < 4.78 is 30.2.